The van der Waals surface area contributed by atoms with Crippen molar-refractivity contribution in [2.75, 3.05) is 19.9 Å². The summed E-state index contributed by atoms with van der Waals surface area (Å²) in [7, 11) is 0. The molecule has 2 heterocycles. The molecular formula is C22H25IN4O2. The third-order valence-corrected chi connectivity index (χ3v) is 4.64. The summed E-state index contributed by atoms with van der Waals surface area (Å²) in [5.74, 6) is 2.42. The number of fused-ring (bicyclic) bond motifs is 1. The molecule has 0 bridgehead atoms. The molecule has 0 fully saturated rings. The summed E-state index contributed by atoms with van der Waals surface area (Å²) in [5.41, 5.74) is 7.42. The highest BCUT2D eigenvalue weighted by molar-refractivity contribution is 6.28. The Labute approximate surface area is 188 Å². The summed E-state index contributed by atoms with van der Waals surface area (Å²) < 4.78 is 11.0. The summed E-state index contributed by atoms with van der Waals surface area (Å²) >= 11 is 0. The number of guanidine groups is 1. The largest absolute Gasteiger partial charge is 1.00 e. The fraction of sp³-hybridized carbons (Fsp3) is 0.273. The molecule has 0 amide bonds. The average molecular weight is 504 g/mol. The molecule has 0 aliphatic carbocycles. The van der Waals surface area contributed by atoms with Gasteiger partial charge in [0, 0.05) is 5.57 Å². The van der Waals surface area contributed by atoms with E-state index in [1.165, 1.54) is 0 Å². The molecule has 152 valence electrons. The van der Waals surface area contributed by atoms with Crippen LogP contribution in [-0.4, -0.2) is 31.6 Å². The second kappa shape index (κ2) is 10.4. The van der Waals surface area contributed by atoms with E-state index in [-0.39, 0.29) is 30.8 Å². The highest BCUT2D eigenvalue weighted by Crippen LogP contribution is 2.34. The average Bonchev–Trinajstić information content (AvgIpc) is 3.41. The minimum absolute atomic E-state index is 0. The van der Waals surface area contributed by atoms with Crippen LogP contribution in [0.4, 0.5) is 0 Å². The number of nitrogens with one attached hydrogen (secondary N) is 1. The first-order valence-electron chi connectivity index (χ1n) is 9.71. The molecule has 29 heavy (non-hydrogen) atoms. The minimum atomic E-state index is 0. The molecule has 0 atom stereocenters. The number of hydrazone groups is 1. The number of hydrogen-bond acceptors (Lipinski definition) is 5. The number of halogens is 1. The lowest BCUT2D eigenvalue weighted by Crippen LogP contribution is -3.00. The third kappa shape index (κ3) is 5.36. The van der Waals surface area contributed by atoms with E-state index in [2.05, 4.69) is 53.0 Å². The van der Waals surface area contributed by atoms with Crippen LogP contribution < -0.4 is 44.2 Å². The van der Waals surface area contributed by atoms with Crippen molar-refractivity contribution in [3.05, 3.63) is 59.7 Å². The highest BCUT2D eigenvalue weighted by Gasteiger charge is 2.15. The SMILES string of the molecule is CCCC(=N\NC1=NCC[NH2+]1)/C(=C\c1ccc2c(c1)OCO2)c1ccccc1.[I-]. The van der Waals surface area contributed by atoms with Crippen LogP contribution in [0.1, 0.15) is 30.9 Å². The van der Waals surface area contributed by atoms with Gasteiger partial charge in [0.15, 0.2) is 11.5 Å². The van der Waals surface area contributed by atoms with Gasteiger partial charge in [-0.15, -0.1) is 0 Å². The van der Waals surface area contributed by atoms with Crippen LogP contribution in [0.2, 0.25) is 0 Å². The molecule has 0 spiro atoms. The smallest absolute Gasteiger partial charge is 0.315 e. The van der Waals surface area contributed by atoms with Crippen molar-refractivity contribution >= 4 is 23.3 Å². The maximum absolute atomic E-state index is 5.54. The van der Waals surface area contributed by atoms with Gasteiger partial charge < -0.3 is 33.5 Å². The molecule has 0 radical (unpaired) electrons. The Morgan fingerprint density at radius 3 is 2.76 bits per heavy atom. The quantitative estimate of drug-likeness (QED) is 0.245. The van der Waals surface area contributed by atoms with E-state index in [0.29, 0.717) is 0 Å². The molecule has 0 saturated carbocycles. The third-order valence-electron chi connectivity index (χ3n) is 4.64. The Balaban J connectivity index is 0.00000240. The molecule has 0 saturated heterocycles. The standard InChI is InChI=1S/C22H24N4O2.HI/c1-2-6-19(25-26-22-23-11-12-24-22)18(17-7-4-3-5-8-17)13-16-9-10-20-21(14-16)28-15-27-20;/h3-5,7-10,13-14H,2,6,11-12,15H2,1H3,(H2,23,24,26);1H/b18-13-,25-19+;. The van der Waals surface area contributed by atoms with Gasteiger partial charge in [0.05, 0.1) is 12.3 Å². The summed E-state index contributed by atoms with van der Waals surface area (Å²) in [5, 5.41) is 6.80. The van der Waals surface area contributed by atoms with E-state index in [0.717, 1.165) is 65.8 Å². The second-order valence-electron chi connectivity index (χ2n) is 6.72. The van der Waals surface area contributed by atoms with Crippen molar-refractivity contribution in [1.29, 1.82) is 0 Å². The van der Waals surface area contributed by atoms with Crippen LogP contribution in [0.15, 0.2) is 58.6 Å². The van der Waals surface area contributed by atoms with E-state index < -0.39 is 0 Å². The molecule has 2 aromatic rings. The van der Waals surface area contributed by atoms with Gasteiger partial charge in [0.25, 0.3) is 0 Å². The lowest BCUT2D eigenvalue weighted by Gasteiger charge is -2.12. The molecular weight excluding hydrogens is 479 g/mol. The van der Waals surface area contributed by atoms with Crippen LogP contribution >= 0.6 is 0 Å². The van der Waals surface area contributed by atoms with Crippen LogP contribution in [0.5, 0.6) is 11.5 Å². The lowest BCUT2D eigenvalue weighted by molar-refractivity contribution is -0.531. The lowest BCUT2D eigenvalue weighted by atomic mass is 9.96. The van der Waals surface area contributed by atoms with Gasteiger partial charge in [-0.25, -0.2) is 10.4 Å². The van der Waals surface area contributed by atoms with Crippen LogP contribution in [0.3, 0.4) is 0 Å². The maximum Gasteiger partial charge on any atom is 0.315 e. The highest BCUT2D eigenvalue weighted by atomic mass is 127. The molecule has 2 aliphatic rings. The summed E-state index contributed by atoms with van der Waals surface area (Å²) in [4.78, 5) is 4.42. The first-order chi connectivity index (χ1) is 13.8. The summed E-state index contributed by atoms with van der Waals surface area (Å²) in [6.07, 6.45) is 4.03. The Kier molecular flexibility index (Phi) is 7.65. The van der Waals surface area contributed by atoms with Gasteiger partial charge in [0.1, 0.15) is 6.54 Å². The number of quaternary nitrogens is 1. The van der Waals surface area contributed by atoms with Gasteiger partial charge in [-0.1, -0.05) is 49.7 Å². The zero-order chi connectivity index (χ0) is 19.2. The first kappa shape index (κ1) is 21.3. The second-order valence-corrected chi connectivity index (χ2v) is 6.72. The summed E-state index contributed by atoms with van der Waals surface area (Å²) in [6.45, 7) is 4.25. The van der Waals surface area contributed by atoms with Crippen molar-refractivity contribution in [3.8, 4) is 11.5 Å². The van der Waals surface area contributed by atoms with Gasteiger partial charge in [-0.2, -0.15) is 5.10 Å². The van der Waals surface area contributed by atoms with E-state index in [1.54, 1.807) is 0 Å². The predicted octanol–water partition coefficient (Wildman–Crippen LogP) is -0.361. The number of nitrogens with two attached hydrogens (primary N) is 1. The van der Waals surface area contributed by atoms with Crippen LogP contribution in [-0.2, 0) is 0 Å². The number of allylic oxidation sites excluding steroid dienone is 1. The maximum atomic E-state index is 5.54. The molecule has 4 rings (SSSR count). The topological polar surface area (TPSA) is 71.8 Å². The van der Waals surface area contributed by atoms with Gasteiger partial charge in [-0.3, -0.25) is 5.32 Å². The van der Waals surface area contributed by atoms with Gasteiger partial charge in [0.2, 0.25) is 6.79 Å². The summed E-state index contributed by atoms with van der Waals surface area (Å²) in [6, 6.07) is 16.4. The Morgan fingerprint density at radius 2 is 2.00 bits per heavy atom. The van der Waals surface area contributed by atoms with Crippen molar-refractivity contribution in [3.63, 3.8) is 0 Å². The van der Waals surface area contributed by atoms with Crippen molar-refractivity contribution < 1.29 is 38.8 Å². The van der Waals surface area contributed by atoms with Crippen LogP contribution in [0.25, 0.3) is 11.6 Å². The van der Waals surface area contributed by atoms with E-state index >= 15 is 0 Å². The predicted molar refractivity (Wildman–Crippen MR) is 111 cm³/mol. The number of hydrogen-bond donors (Lipinski definition) is 2. The molecule has 3 N–H and O–H groups in total. The fourth-order valence-electron chi connectivity index (χ4n) is 3.26. The van der Waals surface area contributed by atoms with Crippen LogP contribution in [0, 0.1) is 0 Å². The molecule has 0 aromatic heterocycles. The van der Waals surface area contributed by atoms with Crippen molar-refractivity contribution in [2.24, 2.45) is 10.1 Å². The van der Waals surface area contributed by atoms with Gasteiger partial charge in [-0.05, 0) is 35.8 Å². The Hall–Kier alpha value is -2.39. The number of aliphatic imine (C=N–C) groups is 1. The molecule has 0 unspecified atom stereocenters. The first-order valence-corrected chi connectivity index (χ1v) is 9.71. The monoisotopic (exact) mass is 504 g/mol. The molecule has 2 aliphatic heterocycles. The zero-order valence-electron chi connectivity index (χ0n) is 16.4. The molecule has 2 aromatic carbocycles. The Morgan fingerprint density at radius 1 is 1.17 bits per heavy atom. The minimum Gasteiger partial charge on any atom is -1.00 e. The molecule has 6 nitrogen and oxygen atoms in total. The van der Waals surface area contributed by atoms with E-state index in [1.807, 2.05) is 24.3 Å². The number of rotatable bonds is 6. The normalized spacial score (nSPS) is 15.7. The number of benzene rings is 2. The van der Waals surface area contributed by atoms with Crippen molar-refractivity contribution in [2.45, 2.75) is 19.8 Å². The molecule has 7 heteroatoms. The van der Waals surface area contributed by atoms with E-state index in [4.69, 9.17) is 14.6 Å². The fourth-order valence-corrected chi connectivity index (χ4v) is 3.26. The number of nitrogens with zero attached hydrogens (tertiary/aromatic N) is 2. The number of ether oxygens (including phenoxy) is 2. The van der Waals surface area contributed by atoms with Gasteiger partial charge >= 0.3 is 5.96 Å². The van der Waals surface area contributed by atoms with E-state index in [9.17, 15) is 0 Å². The zero-order valence-corrected chi connectivity index (χ0v) is 18.6. The van der Waals surface area contributed by atoms with Crippen molar-refractivity contribution in [1.82, 2.24) is 5.43 Å². The Bertz CT molecular complexity index is 926.